The molecule has 0 aliphatic carbocycles. The molecule has 0 amide bonds. The summed E-state index contributed by atoms with van der Waals surface area (Å²) in [6, 6.07) is 4.72. The van der Waals surface area contributed by atoms with Gasteiger partial charge in [0.1, 0.15) is 11.3 Å². The number of para-hydroxylation sites is 1. The number of benzene rings is 1. The molecular weight excluding hydrogens is 366 g/mol. The van der Waals surface area contributed by atoms with Crippen LogP contribution in [0.3, 0.4) is 0 Å². The van der Waals surface area contributed by atoms with Gasteiger partial charge < -0.3 is 9.72 Å². The highest BCUT2D eigenvalue weighted by molar-refractivity contribution is 5.78. The maximum Gasteiger partial charge on any atom is 0.332 e. The number of nitro groups is 1. The van der Waals surface area contributed by atoms with Gasteiger partial charge in [-0.05, 0) is 38.1 Å². The van der Waals surface area contributed by atoms with Gasteiger partial charge >= 0.3 is 11.4 Å². The maximum atomic E-state index is 12.5. The quantitative estimate of drug-likeness (QED) is 0.511. The summed E-state index contributed by atoms with van der Waals surface area (Å²) in [6.45, 7) is 4.10. The van der Waals surface area contributed by atoms with Crippen molar-refractivity contribution in [3.63, 3.8) is 0 Å². The van der Waals surface area contributed by atoms with Gasteiger partial charge in [0.05, 0.1) is 17.6 Å². The predicted molar refractivity (Wildman–Crippen MR) is 105 cm³/mol. The Morgan fingerprint density at radius 3 is 2.54 bits per heavy atom. The van der Waals surface area contributed by atoms with Crippen LogP contribution in [0.1, 0.15) is 25.2 Å². The van der Waals surface area contributed by atoms with Crippen molar-refractivity contribution >= 4 is 29.0 Å². The number of aromatic nitrogens is 4. The van der Waals surface area contributed by atoms with Crippen molar-refractivity contribution in [1.82, 2.24) is 19.1 Å². The Morgan fingerprint density at radius 2 is 1.93 bits per heavy atom. The summed E-state index contributed by atoms with van der Waals surface area (Å²) in [4.78, 5) is 43.0. The van der Waals surface area contributed by atoms with Crippen molar-refractivity contribution in [2.75, 3.05) is 7.11 Å². The first kappa shape index (κ1) is 19.1. The van der Waals surface area contributed by atoms with Crippen LogP contribution in [0.5, 0.6) is 5.75 Å². The Bertz CT molecular complexity index is 1200. The third-order valence-corrected chi connectivity index (χ3v) is 4.37. The highest BCUT2D eigenvalue weighted by Gasteiger charge is 2.19. The van der Waals surface area contributed by atoms with E-state index < -0.39 is 16.2 Å². The van der Waals surface area contributed by atoms with Crippen LogP contribution in [0.15, 0.2) is 27.8 Å². The molecule has 0 bridgehead atoms. The van der Waals surface area contributed by atoms with Crippen LogP contribution < -0.4 is 16.0 Å². The van der Waals surface area contributed by atoms with E-state index in [1.807, 2.05) is 0 Å². The summed E-state index contributed by atoms with van der Waals surface area (Å²) >= 11 is 0. The fraction of sp³-hybridized carbons (Fsp3) is 0.278. The van der Waals surface area contributed by atoms with Gasteiger partial charge in [-0.15, -0.1) is 0 Å². The van der Waals surface area contributed by atoms with E-state index in [9.17, 15) is 19.7 Å². The number of H-pyrrole nitrogens is 1. The number of hydrogen-bond acceptors (Lipinski definition) is 6. The molecule has 0 aliphatic rings. The molecule has 3 aromatic rings. The van der Waals surface area contributed by atoms with Gasteiger partial charge in [0.25, 0.3) is 5.56 Å². The van der Waals surface area contributed by atoms with E-state index in [0.29, 0.717) is 17.9 Å². The zero-order valence-corrected chi connectivity index (χ0v) is 15.6. The largest absolute Gasteiger partial charge is 0.490 e. The predicted octanol–water partition coefficient (Wildman–Crippen LogP) is 2.01. The molecule has 0 fully saturated rings. The first-order chi connectivity index (χ1) is 13.4. The summed E-state index contributed by atoms with van der Waals surface area (Å²) in [7, 11) is 1.36. The standard InChI is InChI=1S/C18H19N5O5/c1-4-21-16-14(17(24)22(5-2)18(21)25)19-13(20-16)10-9-11-7-6-8-12(28-3)15(11)23(26)27/h6-10H,4-5H2,1-3H3,(H,19,20). The first-order valence-electron chi connectivity index (χ1n) is 8.65. The molecule has 1 aromatic carbocycles. The van der Waals surface area contributed by atoms with E-state index >= 15 is 0 Å². The zero-order chi connectivity index (χ0) is 20.4. The molecule has 0 saturated carbocycles. The summed E-state index contributed by atoms with van der Waals surface area (Å²) in [6.07, 6.45) is 3.02. The number of nitrogens with zero attached hydrogens (tertiary/aromatic N) is 4. The minimum Gasteiger partial charge on any atom is -0.490 e. The molecule has 0 radical (unpaired) electrons. The number of aryl methyl sites for hydroxylation is 1. The molecule has 3 rings (SSSR count). The lowest BCUT2D eigenvalue weighted by molar-refractivity contribution is -0.386. The fourth-order valence-corrected chi connectivity index (χ4v) is 3.03. The van der Waals surface area contributed by atoms with Crippen LogP contribution in [0.25, 0.3) is 23.3 Å². The topological polar surface area (TPSA) is 125 Å². The van der Waals surface area contributed by atoms with E-state index in [2.05, 4.69) is 9.97 Å². The van der Waals surface area contributed by atoms with Crippen molar-refractivity contribution in [2.24, 2.45) is 0 Å². The van der Waals surface area contributed by atoms with E-state index in [0.717, 1.165) is 4.57 Å². The molecule has 10 heteroatoms. The summed E-state index contributed by atoms with van der Waals surface area (Å²) in [5.74, 6) is 0.446. The van der Waals surface area contributed by atoms with Crippen LogP contribution in [0.2, 0.25) is 0 Å². The molecule has 0 saturated heterocycles. The van der Waals surface area contributed by atoms with Gasteiger partial charge in [-0.25, -0.2) is 9.78 Å². The Hall–Kier alpha value is -3.69. The van der Waals surface area contributed by atoms with E-state index in [1.165, 1.54) is 29.9 Å². The molecule has 2 aromatic heterocycles. The number of imidazole rings is 1. The second-order valence-electron chi connectivity index (χ2n) is 5.89. The Kier molecular flexibility index (Phi) is 5.12. The third-order valence-electron chi connectivity index (χ3n) is 4.37. The lowest BCUT2D eigenvalue weighted by Gasteiger charge is -2.06. The Labute approximate surface area is 158 Å². The van der Waals surface area contributed by atoms with E-state index in [-0.39, 0.29) is 29.1 Å². The number of fused-ring (bicyclic) bond motifs is 1. The highest BCUT2D eigenvalue weighted by Crippen LogP contribution is 2.31. The van der Waals surface area contributed by atoms with Gasteiger partial charge in [0.2, 0.25) is 0 Å². The lowest BCUT2D eigenvalue weighted by Crippen LogP contribution is -2.39. The number of methoxy groups -OCH3 is 1. The Balaban J connectivity index is 2.15. The molecule has 28 heavy (non-hydrogen) atoms. The molecule has 0 atom stereocenters. The zero-order valence-electron chi connectivity index (χ0n) is 15.6. The third kappa shape index (κ3) is 3.08. The van der Waals surface area contributed by atoms with Crippen LogP contribution in [0, 0.1) is 10.1 Å². The van der Waals surface area contributed by atoms with Crippen molar-refractivity contribution in [3.8, 4) is 5.75 Å². The van der Waals surface area contributed by atoms with Gasteiger partial charge in [-0.2, -0.15) is 0 Å². The SMILES string of the molecule is CCn1c(=O)c2[nH]c(C=Cc3cccc(OC)c3[N+](=O)[O-])nc2n(CC)c1=O. The average molecular weight is 385 g/mol. The van der Waals surface area contributed by atoms with Crippen LogP contribution in [0.4, 0.5) is 5.69 Å². The number of nitro benzene ring substituents is 1. The average Bonchev–Trinajstić information content (AvgIpc) is 3.10. The molecular formula is C18H19N5O5. The number of hydrogen-bond donors (Lipinski definition) is 1. The normalized spacial score (nSPS) is 11.4. The van der Waals surface area contributed by atoms with E-state index in [1.54, 1.807) is 26.0 Å². The minimum atomic E-state index is -0.522. The molecule has 0 aliphatic heterocycles. The molecule has 0 spiro atoms. The minimum absolute atomic E-state index is 0.141. The lowest BCUT2D eigenvalue weighted by atomic mass is 10.1. The van der Waals surface area contributed by atoms with Crippen molar-refractivity contribution in [1.29, 1.82) is 0 Å². The summed E-state index contributed by atoms with van der Waals surface area (Å²) in [5.41, 5.74) is -0.260. The smallest absolute Gasteiger partial charge is 0.332 e. The summed E-state index contributed by atoms with van der Waals surface area (Å²) < 4.78 is 7.59. The fourth-order valence-electron chi connectivity index (χ4n) is 3.03. The number of ether oxygens (including phenoxy) is 1. The van der Waals surface area contributed by atoms with Crippen molar-refractivity contribution in [2.45, 2.75) is 26.9 Å². The van der Waals surface area contributed by atoms with Gasteiger partial charge in [-0.3, -0.25) is 24.0 Å². The first-order valence-corrected chi connectivity index (χ1v) is 8.65. The van der Waals surface area contributed by atoms with Gasteiger partial charge in [-0.1, -0.05) is 6.07 Å². The van der Waals surface area contributed by atoms with Gasteiger partial charge in [0.15, 0.2) is 11.4 Å². The summed E-state index contributed by atoms with van der Waals surface area (Å²) in [5, 5.41) is 11.4. The van der Waals surface area contributed by atoms with Gasteiger partial charge in [0, 0.05) is 13.1 Å². The van der Waals surface area contributed by atoms with Crippen LogP contribution in [-0.2, 0) is 13.1 Å². The highest BCUT2D eigenvalue weighted by atomic mass is 16.6. The monoisotopic (exact) mass is 385 g/mol. The van der Waals surface area contributed by atoms with Crippen molar-refractivity contribution < 1.29 is 9.66 Å². The maximum absolute atomic E-state index is 12.5. The molecule has 0 unspecified atom stereocenters. The number of aromatic amines is 1. The molecule has 10 nitrogen and oxygen atoms in total. The van der Waals surface area contributed by atoms with E-state index in [4.69, 9.17) is 4.74 Å². The second kappa shape index (κ2) is 7.51. The van der Waals surface area contributed by atoms with Crippen LogP contribution in [-0.4, -0.2) is 31.1 Å². The second-order valence-corrected chi connectivity index (χ2v) is 5.89. The van der Waals surface area contributed by atoms with Crippen molar-refractivity contribution in [3.05, 3.63) is 60.5 Å². The number of nitrogens with one attached hydrogen (secondary N) is 1. The molecule has 146 valence electrons. The molecule has 1 N–H and O–H groups in total. The van der Waals surface area contributed by atoms with Crippen LogP contribution >= 0.6 is 0 Å². The number of rotatable bonds is 6. The molecule has 2 heterocycles. The Morgan fingerprint density at radius 1 is 1.21 bits per heavy atom.